The molecule has 1 aliphatic rings. The largest absolute Gasteiger partial charge is 0.356 e. The summed E-state index contributed by atoms with van der Waals surface area (Å²) in [6, 6.07) is 2.16. The number of hydrogen-bond donors (Lipinski definition) is 2. The third kappa shape index (κ3) is 4.67. The summed E-state index contributed by atoms with van der Waals surface area (Å²) in [6.45, 7) is 3.97. The molecular formula is C16H25N3S. The van der Waals surface area contributed by atoms with E-state index in [1.165, 1.54) is 36.1 Å². The maximum atomic E-state index is 4.28. The molecule has 0 bridgehead atoms. The zero-order valence-electron chi connectivity index (χ0n) is 12.5. The Labute approximate surface area is 126 Å². The first kappa shape index (κ1) is 15.1. The van der Waals surface area contributed by atoms with E-state index in [0.29, 0.717) is 0 Å². The minimum absolute atomic E-state index is 0.853. The van der Waals surface area contributed by atoms with Gasteiger partial charge in [0.1, 0.15) is 0 Å². The van der Waals surface area contributed by atoms with E-state index in [-0.39, 0.29) is 0 Å². The van der Waals surface area contributed by atoms with Crippen LogP contribution in [0.2, 0.25) is 0 Å². The predicted molar refractivity (Wildman–Crippen MR) is 88.4 cm³/mol. The van der Waals surface area contributed by atoms with Crippen LogP contribution in [0.3, 0.4) is 0 Å². The van der Waals surface area contributed by atoms with E-state index < -0.39 is 0 Å². The number of rotatable bonds is 5. The molecule has 0 atom stereocenters. The van der Waals surface area contributed by atoms with Gasteiger partial charge in [0.15, 0.2) is 5.96 Å². The molecular weight excluding hydrogens is 266 g/mol. The molecule has 0 saturated carbocycles. The Hall–Kier alpha value is -1.29. The van der Waals surface area contributed by atoms with E-state index in [9.17, 15) is 0 Å². The van der Waals surface area contributed by atoms with Crippen LogP contribution in [0, 0.1) is 6.92 Å². The van der Waals surface area contributed by atoms with Gasteiger partial charge in [0.25, 0.3) is 0 Å². The molecule has 0 amide bonds. The van der Waals surface area contributed by atoms with Gasteiger partial charge in [-0.05, 0) is 56.0 Å². The van der Waals surface area contributed by atoms with E-state index in [2.05, 4.69) is 40.1 Å². The maximum absolute atomic E-state index is 4.28. The van der Waals surface area contributed by atoms with Gasteiger partial charge in [-0.3, -0.25) is 4.99 Å². The van der Waals surface area contributed by atoms with Gasteiger partial charge in [-0.15, -0.1) is 11.3 Å². The van der Waals surface area contributed by atoms with E-state index in [4.69, 9.17) is 0 Å². The average Bonchev–Trinajstić information content (AvgIpc) is 2.89. The third-order valence-corrected chi connectivity index (χ3v) is 4.75. The van der Waals surface area contributed by atoms with Crippen molar-refractivity contribution in [2.24, 2.45) is 4.99 Å². The fourth-order valence-corrected chi connectivity index (χ4v) is 3.29. The summed E-state index contributed by atoms with van der Waals surface area (Å²) < 4.78 is 0. The van der Waals surface area contributed by atoms with Crippen molar-refractivity contribution < 1.29 is 0 Å². The van der Waals surface area contributed by atoms with Crippen LogP contribution in [0.5, 0.6) is 0 Å². The molecule has 0 fully saturated rings. The summed E-state index contributed by atoms with van der Waals surface area (Å²) >= 11 is 1.79. The zero-order valence-corrected chi connectivity index (χ0v) is 13.4. The Balaban J connectivity index is 1.70. The number of allylic oxidation sites excluding steroid dienone is 1. The van der Waals surface area contributed by atoms with Crippen molar-refractivity contribution in [2.75, 3.05) is 13.6 Å². The van der Waals surface area contributed by atoms with Gasteiger partial charge in [0.2, 0.25) is 0 Å². The van der Waals surface area contributed by atoms with Crippen molar-refractivity contribution in [1.29, 1.82) is 0 Å². The van der Waals surface area contributed by atoms with Gasteiger partial charge in [-0.2, -0.15) is 0 Å². The highest BCUT2D eigenvalue weighted by Crippen LogP contribution is 2.19. The Morgan fingerprint density at radius 3 is 2.90 bits per heavy atom. The number of hydrogen-bond acceptors (Lipinski definition) is 2. The number of nitrogens with one attached hydrogen (secondary N) is 2. The van der Waals surface area contributed by atoms with E-state index in [0.717, 1.165) is 25.5 Å². The van der Waals surface area contributed by atoms with Crippen molar-refractivity contribution in [3.05, 3.63) is 33.5 Å². The van der Waals surface area contributed by atoms with Crippen molar-refractivity contribution in [3.8, 4) is 0 Å². The van der Waals surface area contributed by atoms with Crippen LogP contribution in [0.25, 0.3) is 0 Å². The minimum atomic E-state index is 0.853. The first-order valence-electron chi connectivity index (χ1n) is 7.45. The second-order valence-electron chi connectivity index (χ2n) is 5.24. The summed E-state index contributed by atoms with van der Waals surface area (Å²) in [7, 11) is 1.83. The molecule has 0 saturated heterocycles. The van der Waals surface area contributed by atoms with E-state index in [1.807, 2.05) is 7.05 Å². The Kier molecular flexibility index (Phi) is 6.12. The summed E-state index contributed by atoms with van der Waals surface area (Å²) in [4.78, 5) is 5.66. The van der Waals surface area contributed by atoms with Gasteiger partial charge in [0.05, 0.1) is 6.54 Å². The van der Waals surface area contributed by atoms with Gasteiger partial charge in [-0.1, -0.05) is 11.6 Å². The molecule has 0 aliphatic heterocycles. The van der Waals surface area contributed by atoms with Crippen molar-refractivity contribution in [2.45, 2.75) is 45.6 Å². The minimum Gasteiger partial charge on any atom is -0.356 e. The Morgan fingerprint density at radius 2 is 2.25 bits per heavy atom. The smallest absolute Gasteiger partial charge is 0.191 e. The third-order valence-electron chi connectivity index (χ3n) is 3.73. The fourth-order valence-electron chi connectivity index (χ4n) is 2.44. The molecule has 1 aromatic rings. The lowest BCUT2D eigenvalue weighted by molar-refractivity contribution is 0.665. The molecule has 2 rings (SSSR count). The second kappa shape index (κ2) is 8.10. The van der Waals surface area contributed by atoms with Gasteiger partial charge in [0, 0.05) is 18.5 Å². The van der Waals surface area contributed by atoms with Crippen LogP contribution < -0.4 is 10.6 Å². The molecule has 1 aromatic heterocycles. The first-order chi connectivity index (χ1) is 9.79. The molecule has 0 unspecified atom stereocenters. The summed E-state index contributed by atoms with van der Waals surface area (Å²) in [5, 5.41) is 8.92. The van der Waals surface area contributed by atoms with Crippen LogP contribution in [-0.2, 0) is 6.54 Å². The predicted octanol–water partition coefficient (Wildman–Crippen LogP) is 3.61. The summed E-state index contributed by atoms with van der Waals surface area (Å²) in [5.41, 5.74) is 2.96. The Morgan fingerprint density at radius 1 is 1.35 bits per heavy atom. The van der Waals surface area contributed by atoms with Crippen LogP contribution in [0.1, 0.15) is 42.5 Å². The molecule has 2 N–H and O–H groups in total. The maximum Gasteiger partial charge on any atom is 0.191 e. The first-order valence-corrected chi connectivity index (χ1v) is 8.33. The van der Waals surface area contributed by atoms with Crippen LogP contribution >= 0.6 is 11.3 Å². The number of aliphatic imine (C=N–C) groups is 1. The lowest BCUT2D eigenvalue weighted by Crippen LogP contribution is -2.37. The van der Waals surface area contributed by atoms with Crippen molar-refractivity contribution >= 4 is 17.3 Å². The lowest BCUT2D eigenvalue weighted by atomic mass is 9.97. The quantitative estimate of drug-likeness (QED) is 0.494. The molecule has 0 spiro atoms. The van der Waals surface area contributed by atoms with Gasteiger partial charge in [-0.25, -0.2) is 0 Å². The highest BCUT2D eigenvalue weighted by Gasteiger charge is 2.05. The Bertz CT molecular complexity index is 474. The molecule has 1 aliphatic carbocycles. The van der Waals surface area contributed by atoms with Crippen LogP contribution in [0.15, 0.2) is 28.1 Å². The SMILES string of the molecule is CN=C(NCCC1=CCCCC1)NCc1sccc1C. The summed E-state index contributed by atoms with van der Waals surface area (Å²) in [6.07, 6.45) is 8.81. The summed E-state index contributed by atoms with van der Waals surface area (Å²) in [5.74, 6) is 0.897. The molecule has 1 heterocycles. The second-order valence-corrected chi connectivity index (χ2v) is 6.24. The molecule has 3 nitrogen and oxygen atoms in total. The normalized spacial score (nSPS) is 15.9. The topological polar surface area (TPSA) is 36.4 Å². The molecule has 0 aromatic carbocycles. The number of nitrogens with zero attached hydrogens (tertiary/aromatic N) is 1. The van der Waals surface area contributed by atoms with Gasteiger partial charge < -0.3 is 10.6 Å². The fraction of sp³-hybridized carbons (Fsp3) is 0.562. The van der Waals surface area contributed by atoms with Gasteiger partial charge >= 0.3 is 0 Å². The zero-order chi connectivity index (χ0) is 14.2. The lowest BCUT2D eigenvalue weighted by Gasteiger charge is -2.15. The molecule has 20 heavy (non-hydrogen) atoms. The molecule has 4 heteroatoms. The number of guanidine groups is 1. The van der Waals surface area contributed by atoms with Crippen LogP contribution in [0.4, 0.5) is 0 Å². The highest BCUT2D eigenvalue weighted by molar-refractivity contribution is 7.10. The molecule has 0 radical (unpaired) electrons. The van der Waals surface area contributed by atoms with Crippen LogP contribution in [-0.4, -0.2) is 19.6 Å². The van der Waals surface area contributed by atoms with Crippen molar-refractivity contribution in [1.82, 2.24) is 10.6 Å². The van der Waals surface area contributed by atoms with Crippen molar-refractivity contribution in [3.63, 3.8) is 0 Å². The molecule has 110 valence electrons. The standard InChI is InChI=1S/C16H25N3S/c1-13-9-11-20-15(13)12-19-16(17-2)18-10-8-14-6-4-3-5-7-14/h6,9,11H,3-5,7-8,10,12H2,1-2H3,(H2,17,18,19). The average molecular weight is 291 g/mol. The number of aryl methyl sites for hydroxylation is 1. The van der Waals surface area contributed by atoms with E-state index in [1.54, 1.807) is 16.9 Å². The van der Waals surface area contributed by atoms with E-state index >= 15 is 0 Å². The number of thiophene rings is 1. The highest BCUT2D eigenvalue weighted by atomic mass is 32.1. The monoisotopic (exact) mass is 291 g/mol.